The lowest BCUT2D eigenvalue weighted by Gasteiger charge is -2.28. The molecule has 0 aliphatic carbocycles. The monoisotopic (exact) mass is 581 g/mol. The highest BCUT2D eigenvalue weighted by Crippen LogP contribution is 2.32. The van der Waals surface area contributed by atoms with Crippen LogP contribution >= 0.6 is 15.9 Å². The van der Waals surface area contributed by atoms with Gasteiger partial charge in [-0.1, -0.05) is 34.1 Å². The average molecular weight is 582 g/mol. The molecule has 1 aliphatic heterocycles. The SMILES string of the molecule is O=C(Nc1ccncc1)c1nc2nc(Nc3ccc(N4CCOCC4)cc3)ncc2cc1-c1ccccc1Br. The van der Waals surface area contributed by atoms with Gasteiger partial charge in [-0.25, -0.2) is 9.97 Å². The van der Waals surface area contributed by atoms with Gasteiger partial charge in [-0.3, -0.25) is 9.78 Å². The van der Waals surface area contributed by atoms with Crippen molar-refractivity contribution in [3.63, 3.8) is 0 Å². The van der Waals surface area contributed by atoms with Gasteiger partial charge in [0.15, 0.2) is 5.65 Å². The summed E-state index contributed by atoms with van der Waals surface area (Å²) in [5.41, 5.74) is 4.81. The van der Waals surface area contributed by atoms with Crippen LogP contribution in [-0.4, -0.2) is 52.1 Å². The Morgan fingerprint density at radius 1 is 0.897 bits per heavy atom. The van der Waals surface area contributed by atoms with Gasteiger partial charge in [0, 0.05) is 64.2 Å². The van der Waals surface area contributed by atoms with Gasteiger partial charge in [0.05, 0.1) is 13.2 Å². The molecule has 1 amide bonds. The molecule has 4 heterocycles. The normalized spacial score (nSPS) is 13.3. The summed E-state index contributed by atoms with van der Waals surface area (Å²) in [4.78, 5) is 33.6. The van der Waals surface area contributed by atoms with Crippen molar-refractivity contribution in [1.82, 2.24) is 19.9 Å². The number of anilines is 4. The van der Waals surface area contributed by atoms with E-state index >= 15 is 0 Å². The van der Waals surface area contributed by atoms with Crippen LogP contribution in [0.1, 0.15) is 10.5 Å². The fraction of sp³-hybridized carbons (Fsp3) is 0.138. The van der Waals surface area contributed by atoms with Crippen LogP contribution in [0.3, 0.4) is 0 Å². The molecule has 39 heavy (non-hydrogen) atoms. The Labute approximate surface area is 233 Å². The number of halogens is 1. The average Bonchev–Trinajstić information content (AvgIpc) is 2.98. The van der Waals surface area contributed by atoms with Gasteiger partial charge in [-0.15, -0.1) is 0 Å². The lowest BCUT2D eigenvalue weighted by Crippen LogP contribution is -2.36. The topological polar surface area (TPSA) is 105 Å². The predicted octanol–water partition coefficient (Wildman–Crippen LogP) is 5.68. The largest absolute Gasteiger partial charge is 0.378 e. The molecule has 5 aromatic rings. The van der Waals surface area contributed by atoms with Gasteiger partial charge in [-0.2, -0.15) is 4.98 Å². The second kappa shape index (κ2) is 11.1. The van der Waals surface area contributed by atoms with Crippen molar-refractivity contribution in [3.05, 3.63) is 95.5 Å². The minimum absolute atomic E-state index is 0.255. The van der Waals surface area contributed by atoms with Gasteiger partial charge in [0.1, 0.15) is 5.69 Å². The number of carbonyl (C=O) groups is 1. The first-order valence-corrected chi connectivity index (χ1v) is 13.3. The summed E-state index contributed by atoms with van der Waals surface area (Å²) < 4.78 is 6.29. The van der Waals surface area contributed by atoms with Crippen molar-refractivity contribution in [1.29, 1.82) is 0 Å². The Hall–Kier alpha value is -4.41. The van der Waals surface area contributed by atoms with E-state index < -0.39 is 0 Å². The van der Waals surface area contributed by atoms with Crippen LogP contribution in [-0.2, 0) is 4.74 Å². The van der Waals surface area contributed by atoms with Crippen molar-refractivity contribution in [2.24, 2.45) is 0 Å². The number of aromatic nitrogens is 4. The van der Waals surface area contributed by atoms with Crippen LogP contribution in [0.2, 0.25) is 0 Å². The standard InChI is InChI=1S/C29H24BrN7O2/c30-25-4-2-1-3-23(25)24-17-19-18-32-29(34-20-5-7-22(8-6-20)37-13-15-39-16-14-37)36-27(19)35-26(24)28(38)33-21-9-11-31-12-10-21/h1-12,17-18H,13-16H2,(H,31,33,38)(H,32,34,35,36). The van der Waals surface area contributed by atoms with Gasteiger partial charge in [0.25, 0.3) is 5.91 Å². The first kappa shape index (κ1) is 24.9. The molecule has 1 fully saturated rings. The van der Waals surface area contributed by atoms with E-state index in [0.717, 1.165) is 53.1 Å². The highest BCUT2D eigenvalue weighted by atomic mass is 79.9. The minimum atomic E-state index is -0.347. The van der Waals surface area contributed by atoms with E-state index in [-0.39, 0.29) is 11.6 Å². The lowest BCUT2D eigenvalue weighted by molar-refractivity contribution is 0.102. The summed E-state index contributed by atoms with van der Waals surface area (Å²) in [7, 11) is 0. The second-order valence-electron chi connectivity index (χ2n) is 8.93. The third-order valence-electron chi connectivity index (χ3n) is 6.39. The number of nitrogens with zero attached hydrogens (tertiary/aromatic N) is 5. The van der Waals surface area contributed by atoms with E-state index in [1.54, 1.807) is 30.7 Å². The molecule has 194 valence electrons. The molecule has 0 bridgehead atoms. The Morgan fingerprint density at radius 3 is 2.44 bits per heavy atom. The van der Waals surface area contributed by atoms with E-state index in [4.69, 9.17) is 9.72 Å². The lowest BCUT2D eigenvalue weighted by atomic mass is 10.0. The molecule has 3 aromatic heterocycles. The van der Waals surface area contributed by atoms with Gasteiger partial charge in [-0.05, 0) is 54.1 Å². The molecule has 9 nitrogen and oxygen atoms in total. The molecule has 0 radical (unpaired) electrons. The number of fused-ring (bicyclic) bond motifs is 1. The minimum Gasteiger partial charge on any atom is -0.378 e. The number of hydrogen-bond acceptors (Lipinski definition) is 8. The zero-order chi connectivity index (χ0) is 26.6. The Bertz CT molecular complexity index is 1620. The highest BCUT2D eigenvalue weighted by Gasteiger charge is 2.19. The number of nitrogens with one attached hydrogen (secondary N) is 2. The van der Waals surface area contributed by atoms with Crippen LogP contribution in [0.5, 0.6) is 0 Å². The molecule has 10 heteroatoms. The number of amides is 1. The molecule has 1 aliphatic rings. The Kier molecular flexibility index (Phi) is 7.11. The van der Waals surface area contributed by atoms with Gasteiger partial charge >= 0.3 is 0 Å². The number of hydrogen-bond donors (Lipinski definition) is 2. The molecule has 0 saturated carbocycles. The zero-order valence-electron chi connectivity index (χ0n) is 20.8. The van der Waals surface area contributed by atoms with E-state index in [1.165, 1.54) is 0 Å². The second-order valence-corrected chi connectivity index (χ2v) is 9.79. The van der Waals surface area contributed by atoms with Crippen LogP contribution in [0.15, 0.2) is 89.8 Å². The van der Waals surface area contributed by atoms with E-state index in [1.807, 2.05) is 42.5 Å². The van der Waals surface area contributed by atoms with Crippen molar-refractivity contribution < 1.29 is 9.53 Å². The van der Waals surface area contributed by atoms with Crippen LogP contribution in [0, 0.1) is 0 Å². The number of rotatable bonds is 6. The van der Waals surface area contributed by atoms with Crippen molar-refractivity contribution in [3.8, 4) is 11.1 Å². The summed E-state index contributed by atoms with van der Waals surface area (Å²) in [5, 5.41) is 6.88. The molecule has 2 aromatic carbocycles. The fourth-order valence-corrected chi connectivity index (χ4v) is 4.91. The van der Waals surface area contributed by atoms with Gasteiger partial charge < -0.3 is 20.3 Å². The highest BCUT2D eigenvalue weighted by molar-refractivity contribution is 9.10. The molecular weight excluding hydrogens is 558 g/mol. The van der Waals surface area contributed by atoms with Crippen LogP contribution in [0.25, 0.3) is 22.2 Å². The Balaban J connectivity index is 1.33. The molecule has 0 atom stereocenters. The molecule has 0 spiro atoms. The summed E-state index contributed by atoms with van der Waals surface area (Å²) in [6, 6.07) is 21.2. The number of pyridine rings is 2. The third kappa shape index (κ3) is 5.57. The zero-order valence-corrected chi connectivity index (χ0v) is 22.4. The van der Waals surface area contributed by atoms with Crippen molar-refractivity contribution in [2.75, 3.05) is 41.8 Å². The van der Waals surface area contributed by atoms with E-state index in [2.05, 4.69) is 58.5 Å². The maximum atomic E-state index is 13.4. The molecule has 6 rings (SSSR count). The maximum absolute atomic E-state index is 13.4. The molecule has 1 saturated heterocycles. The number of ether oxygens (including phenoxy) is 1. The Morgan fingerprint density at radius 2 is 1.67 bits per heavy atom. The summed E-state index contributed by atoms with van der Waals surface area (Å²) in [5.74, 6) is 0.0453. The number of morpholine rings is 1. The smallest absolute Gasteiger partial charge is 0.274 e. The van der Waals surface area contributed by atoms with E-state index in [0.29, 0.717) is 22.8 Å². The first-order valence-electron chi connectivity index (χ1n) is 12.5. The summed E-state index contributed by atoms with van der Waals surface area (Å²) >= 11 is 3.61. The summed E-state index contributed by atoms with van der Waals surface area (Å²) in [6.45, 7) is 3.24. The first-order chi connectivity index (χ1) is 19.1. The molecular formula is C29H24BrN7O2. The quantitative estimate of drug-likeness (QED) is 0.264. The number of benzene rings is 2. The molecule has 0 unspecified atom stereocenters. The van der Waals surface area contributed by atoms with Crippen molar-refractivity contribution in [2.45, 2.75) is 0 Å². The van der Waals surface area contributed by atoms with Gasteiger partial charge in [0.2, 0.25) is 5.95 Å². The van der Waals surface area contributed by atoms with E-state index in [9.17, 15) is 4.79 Å². The molecule has 2 N–H and O–H groups in total. The summed E-state index contributed by atoms with van der Waals surface area (Å²) in [6.07, 6.45) is 4.96. The van der Waals surface area contributed by atoms with Crippen molar-refractivity contribution >= 4 is 55.9 Å². The maximum Gasteiger partial charge on any atom is 0.274 e. The van der Waals surface area contributed by atoms with Crippen LogP contribution < -0.4 is 15.5 Å². The fourth-order valence-electron chi connectivity index (χ4n) is 4.41. The van der Waals surface area contributed by atoms with Crippen LogP contribution in [0.4, 0.5) is 23.0 Å². The number of carbonyl (C=O) groups excluding carboxylic acids is 1. The predicted molar refractivity (Wildman–Crippen MR) is 155 cm³/mol. The third-order valence-corrected chi connectivity index (χ3v) is 7.08.